The predicted molar refractivity (Wildman–Crippen MR) is 46.6 cm³/mol. The minimum absolute atomic E-state index is 0.390. The topological polar surface area (TPSA) is 49.8 Å². The van der Waals surface area contributed by atoms with Crippen LogP contribution in [0, 0.1) is 17.1 Å². The first-order valence-electron chi connectivity index (χ1n) is 3.25. The van der Waals surface area contributed by atoms with E-state index in [4.69, 9.17) is 11.0 Å². The third-order valence-electron chi connectivity index (χ3n) is 1.43. The number of nitriles is 1. The predicted octanol–water partition coefficient (Wildman–Crippen LogP) is 2.11. The van der Waals surface area contributed by atoms with Gasteiger partial charge in [-0.3, -0.25) is 0 Å². The van der Waals surface area contributed by atoms with Crippen molar-refractivity contribution in [2.24, 2.45) is 5.73 Å². The molecule has 1 aromatic carbocycles. The molecule has 0 heterocycles. The minimum atomic E-state index is -0.782. The zero-order valence-corrected chi connectivity index (χ0v) is 7.68. The van der Waals surface area contributed by atoms with Crippen LogP contribution >= 0.6 is 15.9 Å². The van der Waals surface area contributed by atoms with E-state index in [1.807, 2.05) is 6.07 Å². The van der Waals surface area contributed by atoms with Gasteiger partial charge < -0.3 is 5.73 Å². The average Bonchev–Trinajstić information content (AvgIpc) is 2.08. The highest BCUT2D eigenvalue weighted by molar-refractivity contribution is 9.10. The minimum Gasteiger partial charge on any atom is -0.312 e. The molecular formula is C8H6BrFN2. The lowest BCUT2D eigenvalue weighted by molar-refractivity contribution is 0.624. The quantitative estimate of drug-likeness (QED) is 0.801. The Labute approximate surface area is 77.9 Å². The van der Waals surface area contributed by atoms with Crippen molar-refractivity contribution in [2.75, 3.05) is 0 Å². The Morgan fingerprint density at radius 1 is 1.58 bits per heavy atom. The van der Waals surface area contributed by atoms with Crippen molar-refractivity contribution in [1.82, 2.24) is 0 Å². The molecule has 1 rings (SSSR count). The second kappa shape index (κ2) is 3.65. The van der Waals surface area contributed by atoms with Gasteiger partial charge in [0, 0.05) is 10.0 Å². The van der Waals surface area contributed by atoms with Crippen molar-refractivity contribution in [2.45, 2.75) is 6.04 Å². The molecule has 0 amide bonds. The van der Waals surface area contributed by atoms with E-state index in [0.29, 0.717) is 10.0 Å². The number of nitrogens with zero attached hydrogens (tertiary/aromatic N) is 1. The molecule has 62 valence electrons. The van der Waals surface area contributed by atoms with E-state index >= 15 is 0 Å². The molecular weight excluding hydrogens is 223 g/mol. The Bertz CT molecular complexity index is 332. The van der Waals surface area contributed by atoms with Crippen molar-refractivity contribution < 1.29 is 4.39 Å². The molecule has 2 N–H and O–H groups in total. The molecule has 1 atom stereocenters. The molecule has 0 saturated heterocycles. The van der Waals surface area contributed by atoms with Gasteiger partial charge in [0.25, 0.3) is 0 Å². The maximum atomic E-state index is 12.7. The molecule has 4 heteroatoms. The first-order valence-corrected chi connectivity index (χ1v) is 4.04. The molecule has 0 fully saturated rings. The van der Waals surface area contributed by atoms with Gasteiger partial charge in [0.1, 0.15) is 11.9 Å². The molecule has 0 unspecified atom stereocenters. The van der Waals surface area contributed by atoms with Gasteiger partial charge >= 0.3 is 0 Å². The molecule has 0 radical (unpaired) electrons. The summed E-state index contributed by atoms with van der Waals surface area (Å²) in [5, 5.41) is 8.49. The third-order valence-corrected chi connectivity index (χ3v) is 2.15. The highest BCUT2D eigenvalue weighted by Crippen LogP contribution is 2.22. The van der Waals surface area contributed by atoms with E-state index in [0.717, 1.165) is 0 Å². The van der Waals surface area contributed by atoms with Crippen LogP contribution in [0.4, 0.5) is 4.39 Å². The first kappa shape index (κ1) is 9.17. The molecule has 0 aliphatic heterocycles. The van der Waals surface area contributed by atoms with E-state index in [-0.39, 0.29) is 5.82 Å². The Hall–Kier alpha value is -0.920. The van der Waals surface area contributed by atoms with E-state index in [1.54, 1.807) is 0 Å². The Morgan fingerprint density at radius 3 is 2.83 bits per heavy atom. The van der Waals surface area contributed by atoms with Crippen LogP contribution in [0.25, 0.3) is 0 Å². The Morgan fingerprint density at radius 2 is 2.25 bits per heavy atom. The lowest BCUT2D eigenvalue weighted by atomic mass is 10.1. The number of rotatable bonds is 1. The Balaban J connectivity index is 3.15. The lowest BCUT2D eigenvalue weighted by Gasteiger charge is -2.05. The van der Waals surface area contributed by atoms with Gasteiger partial charge in [-0.05, 0) is 18.2 Å². The number of hydrogen-bond acceptors (Lipinski definition) is 2. The number of hydrogen-bond donors (Lipinski definition) is 1. The molecule has 0 bridgehead atoms. The summed E-state index contributed by atoms with van der Waals surface area (Å²) in [6, 6.07) is 5.13. The molecule has 0 saturated carbocycles. The van der Waals surface area contributed by atoms with E-state index in [2.05, 4.69) is 15.9 Å². The van der Waals surface area contributed by atoms with Crippen LogP contribution in [0.15, 0.2) is 22.7 Å². The van der Waals surface area contributed by atoms with Crippen molar-refractivity contribution in [3.05, 3.63) is 34.1 Å². The number of halogens is 2. The van der Waals surface area contributed by atoms with Crippen LogP contribution in [0.1, 0.15) is 11.6 Å². The summed E-state index contributed by atoms with van der Waals surface area (Å²) in [4.78, 5) is 0. The largest absolute Gasteiger partial charge is 0.312 e. The maximum Gasteiger partial charge on any atom is 0.123 e. The molecule has 0 aromatic heterocycles. The molecule has 0 aliphatic rings. The molecule has 2 nitrogen and oxygen atoms in total. The summed E-state index contributed by atoms with van der Waals surface area (Å²) >= 11 is 3.17. The number of nitrogens with two attached hydrogens (primary N) is 1. The highest BCUT2D eigenvalue weighted by Gasteiger charge is 2.08. The summed E-state index contributed by atoms with van der Waals surface area (Å²) in [5.74, 6) is -0.390. The summed E-state index contributed by atoms with van der Waals surface area (Å²) < 4.78 is 13.3. The van der Waals surface area contributed by atoms with Gasteiger partial charge in [0.05, 0.1) is 6.07 Å². The second-order valence-electron chi connectivity index (χ2n) is 2.27. The van der Waals surface area contributed by atoms with Crippen molar-refractivity contribution in [1.29, 1.82) is 5.26 Å². The molecule has 1 aromatic rings. The Kier molecular flexibility index (Phi) is 2.79. The van der Waals surface area contributed by atoms with Gasteiger partial charge in [0.2, 0.25) is 0 Å². The molecule has 0 spiro atoms. The third kappa shape index (κ3) is 1.81. The summed E-state index contributed by atoms with van der Waals surface area (Å²) in [6.07, 6.45) is 0. The van der Waals surface area contributed by atoms with Gasteiger partial charge in [-0.25, -0.2) is 4.39 Å². The van der Waals surface area contributed by atoms with E-state index < -0.39 is 6.04 Å². The summed E-state index contributed by atoms with van der Waals surface area (Å²) in [6.45, 7) is 0. The van der Waals surface area contributed by atoms with Crippen LogP contribution in [0.5, 0.6) is 0 Å². The summed E-state index contributed by atoms with van der Waals surface area (Å²) in [7, 11) is 0. The molecule has 0 aliphatic carbocycles. The fourth-order valence-electron chi connectivity index (χ4n) is 0.822. The lowest BCUT2D eigenvalue weighted by Crippen LogP contribution is -2.08. The smallest absolute Gasteiger partial charge is 0.123 e. The fraction of sp³-hybridized carbons (Fsp3) is 0.125. The SMILES string of the molecule is N#C[C@H](N)c1cc(F)ccc1Br. The standard InChI is InChI=1S/C8H6BrFN2/c9-7-2-1-5(10)3-6(7)8(12)4-11/h1-3,8H,12H2/t8-/m0/s1. The van der Waals surface area contributed by atoms with Crippen LogP contribution in [-0.4, -0.2) is 0 Å². The van der Waals surface area contributed by atoms with E-state index in [1.165, 1.54) is 18.2 Å². The van der Waals surface area contributed by atoms with Crippen LogP contribution in [-0.2, 0) is 0 Å². The fourth-order valence-corrected chi connectivity index (χ4v) is 1.32. The maximum absolute atomic E-state index is 12.7. The van der Waals surface area contributed by atoms with Crippen molar-refractivity contribution in [3.8, 4) is 6.07 Å². The van der Waals surface area contributed by atoms with Crippen LogP contribution in [0.3, 0.4) is 0 Å². The van der Waals surface area contributed by atoms with Gasteiger partial charge in [-0.1, -0.05) is 15.9 Å². The van der Waals surface area contributed by atoms with Gasteiger partial charge in [-0.15, -0.1) is 0 Å². The van der Waals surface area contributed by atoms with Crippen LogP contribution in [0.2, 0.25) is 0 Å². The summed E-state index contributed by atoms with van der Waals surface area (Å²) in [5.41, 5.74) is 5.88. The average molecular weight is 229 g/mol. The normalized spacial score (nSPS) is 12.2. The van der Waals surface area contributed by atoms with Crippen molar-refractivity contribution in [3.63, 3.8) is 0 Å². The molecule has 12 heavy (non-hydrogen) atoms. The second-order valence-corrected chi connectivity index (χ2v) is 3.13. The monoisotopic (exact) mass is 228 g/mol. The van der Waals surface area contributed by atoms with Gasteiger partial charge in [0.15, 0.2) is 0 Å². The van der Waals surface area contributed by atoms with Crippen molar-refractivity contribution >= 4 is 15.9 Å². The zero-order valence-electron chi connectivity index (χ0n) is 6.09. The zero-order chi connectivity index (χ0) is 9.14. The van der Waals surface area contributed by atoms with E-state index in [9.17, 15) is 4.39 Å². The first-order chi connectivity index (χ1) is 5.65. The highest BCUT2D eigenvalue weighted by atomic mass is 79.9. The van der Waals surface area contributed by atoms with Crippen LogP contribution < -0.4 is 5.73 Å². The number of benzene rings is 1. The van der Waals surface area contributed by atoms with Gasteiger partial charge in [-0.2, -0.15) is 5.26 Å².